The maximum atomic E-state index is 12.4. The molecule has 7 nitrogen and oxygen atoms in total. The van der Waals surface area contributed by atoms with Crippen LogP contribution in [0.25, 0.3) is 0 Å². The van der Waals surface area contributed by atoms with Gasteiger partial charge >= 0.3 is 0 Å². The third-order valence-corrected chi connectivity index (χ3v) is 4.32. The van der Waals surface area contributed by atoms with Crippen molar-refractivity contribution in [2.24, 2.45) is 0 Å². The molecule has 7 heteroatoms. The largest absolute Gasteiger partial charge is 0.384 e. The molecule has 3 aromatic rings. The molecule has 0 saturated heterocycles. The third-order valence-electron chi connectivity index (χ3n) is 4.32. The molecule has 2 heterocycles. The Morgan fingerprint density at radius 2 is 2.04 bits per heavy atom. The Morgan fingerprint density at radius 3 is 2.70 bits per heavy atom. The van der Waals surface area contributed by atoms with Crippen LogP contribution < -0.4 is 11.1 Å². The number of carbonyl (C=O) groups is 1. The standard InChI is InChI=1S/C20H20N6O/c1-13-7-19(22)25-14(2)18(13)10-23-20(27)17-9-24-26(12-17)11-16-5-3-15(8-21)4-6-16/h3-7,9,12H,10-11H2,1-2H3,(H2,22,25)(H,23,27). The van der Waals surface area contributed by atoms with Crippen LogP contribution in [0.3, 0.4) is 0 Å². The van der Waals surface area contributed by atoms with Crippen molar-refractivity contribution in [1.29, 1.82) is 5.26 Å². The van der Waals surface area contributed by atoms with Crippen LogP contribution in [0.5, 0.6) is 0 Å². The first-order chi connectivity index (χ1) is 13.0. The van der Waals surface area contributed by atoms with Crippen LogP contribution in [-0.4, -0.2) is 20.7 Å². The van der Waals surface area contributed by atoms with E-state index in [9.17, 15) is 4.79 Å². The number of nitrogens with one attached hydrogen (secondary N) is 1. The van der Waals surface area contributed by atoms with Gasteiger partial charge in [-0.05, 0) is 48.7 Å². The monoisotopic (exact) mass is 360 g/mol. The van der Waals surface area contributed by atoms with E-state index < -0.39 is 0 Å². The maximum Gasteiger partial charge on any atom is 0.254 e. The number of hydrogen-bond acceptors (Lipinski definition) is 5. The Morgan fingerprint density at radius 1 is 1.30 bits per heavy atom. The fourth-order valence-corrected chi connectivity index (χ4v) is 2.86. The number of nitrogens with two attached hydrogens (primary N) is 1. The van der Waals surface area contributed by atoms with Crippen LogP contribution in [0.2, 0.25) is 0 Å². The zero-order valence-corrected chi connectivity index (χ0v) is 15.2. The van der Waals surface area contributed by atoms with E-state index in [0.29, 0.717) is 30.0 Å². The normalized spacial score (nSPS) is 10.4. The van der Waals surface area contributed by atoms with E-state index in [1.54, 1.807) is 35.3 Å². The minimum absolute atomic E-state index is 0.197. The van der Waals surface area contributed by atoms with E-state index in [0.717, 1.165) is 22.4 Å². The number of carbonyl (C=O) groups excluding carboxylic acids is 1. The minimum atomic E-state index is -0.197. The van der Waals surface area contributed by atoms with Gasteiger partial charge in [0.2, 0.25) is 0 Å². The van der Waals surface area contributed by atoms with Crippen molar-refractivity contribution in [3.05, 3.63) is 76.2 Å². The minimum Gasteiger partial charge on any atom is -0.384 e. The van der Waals surface area contributed by atoms with E-state index >= 15 is 0 Å². The van der Waals surface area contributed by atoms with Gasteiger partial charge in [-0.1, -0.05) is 12.1 Å². The molecule has 0 saturated carbocycles. The van der Waals surface area contributed by atoms with Crippen molar-refractivity contribution >= 4 is 11.7 Å². The summed E-state index contributed by atoms with van der Waals surface area (Å²) in [6.07, 6.45) is 3.24. The Hall–Kier alpha value is -3.66. The molecular weight excluding hydrogens is 340 g/mol. The molecule has 3 N–H and O–H groups in total. The lowest BCUT2D eigenvalue weighted by Crippen LogP contribution is -2.23. The molecule has 136 valence electrons. The van der Waals surface area contributed by atoms with Gasteiger partial charge in [0.05, 0.1) is 29.9 Å². The number of aromatic nitrogens is 3. The Labute approximate surface area is 157 Å². The number of hydrogen-bond donors (Lipinski definition) is 2. The highest BCUT2D eigenvalue weighted by Crippen LogP contribution is 2.14. The topological polar surface area (TPSA) is 110 Å². The smallest absolute Gasteiger partial charge is 0.254 e. The SMILES string of the molecule is Cc1cc(N)nc(C)c1CNC(=O)c1cnn(Cc2ccc(C#N)cc2)c1. The number of nitrogen functional groups attached to an aromatic ring is 1. The average molecular weight is 360 g/mol. The second kappa shape index (κ2) is 7.70. The molecular formula is C20H20N6O. The van der Waals surface area contributed by atoms with Gasteiger partial charge in [-0.2, -0.15) is 10.4 Å². The summed E-state index contributed by atoms with van der Waals surface area (Å²) in [4.78, 5) is 16.6. The van der Waals surface area contributed by atoms with Gasteiger partial charge in [0.25, 0.3) is 5.91 Å². The molecule has 27 heavy (non-hydrogen) atoms. The van der Waals surface area contributed by atoms with Crippen molar-refractivity contribution in [2.45, 2.75) is 26.9 Å². The van der Waals surface area contributed by atoms with Crippen LogP contribution in [0.4, 0.5) is 5.82 Å². The number of nitriles is 1. The fraction of sp³-hybridized carbons (Fsp3) is 0.200. The summed E-state index contributed by atoms with van der Waals surface area (Å²) in [7, 11) is 0. The van der Waals surface area contributed by atoms with Gasteiger partial charge in [0.15, 0.2) is 0 Å². The molecule has 0 spiro atoms. The highest BCUT2D eigenvalue weighted by molar-refractivity contribution is 5.93. The number of anilines is 1. The number of pyridine rings is 1. The predicted octanol–water partition coefficient (Wildman–Crippen LogP) is 2.33. The quantitative estimate of drug-likeness (QED) is 0.726. The second-order valence-corrected chi connectivity index (χ2v) is 6.35. The van der Waals surface area contributed by atoms with E-state index in [4.69, 9.17) is 11.0 Å². The van der Waals surface area contributed by atoms with E-state index in [-0.39, 0.29) is 5.91 Å². The van der Waals surface area contributed by atoms with Crippen molar-refractivity contribution in [3.63, 3.8) is 0 Å². The summed E-state index contributed by atoms with van der Waals surface area (Å²) in [5.74, 6) is 0.279. The third kappa shape index (κ3) is 4.30. The summed E-state index contributed by atoms with van der Waals surface area (Å²) < 4.78 is 1.69. The van der Waals surface area contributed by atoms with Crippen molar-refractivity contribution in [1.82, 2.24) is 20.1 Å². The lowest BCUT2D eigenvalue weighted by atomic mass is 10.1. The molecule has 0 aliphatic rings. The number of rotatable bonds is 5. The van der Waals surface area contributed by atoms with Crippen LogP contribution in [0.1, 0.15) is 38.3 Å². The first kappa shape index (κ1) is 18.1. The highest BCUT2D eigenvalue weighted by atomic mass is 16.1. The molecule has 1 aromatic carbocycles. The Bertz CT molecular complexity index is 991. The molecule has 0 radical (unpaired) electrons. The van der Waals surface area contributed by atoms with Crippen molar-refractivity contribution < 1.29 is 4.79 Å². The fourth-order valence-electron chi connectivity index (χ4n) is 2.86. The van der Waals surface area contributed by atoms with E-state index in [1.165, 1.54) is 0 Å². The molecule has 0 atom stereocenters. The average Bonchev–Trinajstić information content (AvgIpc) is 3.10. The molecule has 0 aliphatic heterocycles. The number of nitrogens with zero attached hydrogens (tertiary/aromatic N) is 4. The zero-order valence-electron chi connectivity index (χ0n) is 15.2. The van der Waals surface area contributed by atoms with Gasteiger partial charge < -0.3 is 11.1 Å². The lowest BCUT2D eigenvalue weighted by Gasteiger charge is -2.11. The maximum absolute atomic E-state index is 12.4. The van der Waals surface area contributed by atoms with Gasteiger partial charge in [-0.3, -0.25) is 9.48 Å². The van der Waals surface area contributed by atoms with Gasteiger partial charge in [-0.15, -0.1) is 0 Å². The zero-order chi connectivity index (χ0) is 19.4. The summed E-state index contributed by atoms with van der Waals surface area (Å²) in [5.41, 5.74) is 10.6. The number of amides is 1. The van der Waals surface area contributed by atoms with E-state index in [1.807, 2.05) is 26.0 Å². The molecule has 2 aromatic heterocycles. The van der Waals surface area contributed by atoms with E-state index in [2.05, 4.69) is 21.5 Å². The lowest BCUT2D eigenvalue weighted by molar-refractivity contribution is 0.0950. The Balaban J connectivity index is 1.64. The molecule has 0 aliphatic carbocycles. The first-order valence-electron chi connectivity index (χ1n) is 8.48. The van der Waals surface area contributed by atoms with Crippen LogP contribution >= 0.6 is 0 Å². The highest BCUT2D eigenvalue weighted by Gasteiger charge is 2.11. The van der Waals surface area contributed by atoms with Crippen LogP contribution in [0.15, 0.2) is 42.7 Å². The van der Waals surface area contributed by atoms with Gasteiger partial charge in [0.1, 0.15) is 5.82 Å². The van der Waals surface area contributed by atoms with Crippen molar-refractivity contribution in [2.75, 3.05) is 5.73 Å². The molecule has 1 amide bonds. The van der Waals surface area contributed by atoms with Crippen LogP contribution in [-0.2, 0) is 13.1 Å². The Kier molecular flexibility index (Phi) is 5.18. The number of aryl methyl sites for hydroxylation is 2. The molecule has 0 unspecified atom stereocenters. The summed E-state index contributed by atoms with van der Waals surface area (Å²) >= 11 is 0. The second-order valence-electron chi connectivity index (χ2n) is 6.35. The van der Waals surface area contributed by atoms with Gasteiger partial charge in [0, 0.05) is 18.4 Å². The summed E-state index contributed by atoms with van der Waals surface area (Å²) in [5, 5.41) is 16.0. The van der Waals surface area contributed by atoms with Crippen LogP contribution in [0, 0.1) is 25.2 Å². The van der Waals surface area contributed by atoms with Crippen molar-refractivity contribution in [3.8, 4) is 6.07 Å². The van der Waals surface area contributed by atoms with Gasteiger partial charge in [-0.25, -0.2) is 4.98 Å². The number of benzene rings is 1. The summed E-state index contributed by atoms with van der Waals surface area (Å²) in [6, 6.07) is 11.2. The molecule has 0 bridgehead atoms. The summed E-state index contributed by atoms with van der Waals surface area (Å²) in [6.45, 7) is 4.73. The molecule has 0 fully saturated rings. The predicted molar refractivity (Wildman–Crippen MR) is 102 cm³/mol. The molecule has 3 rings (SSSR count). The first-order valence-corrected chi connectivity index (χ1v) is 8.48.